The molecule has 0 aliphatic carbocycles. The van der Waals surface area contributed by atoms with Crippen molar-refractivity contribution in [1.29, 1.82) is 0 Å². The summed E-state index contributed by atoms with van der Waals surface area (Å²) in [5.74, 6) is 0. The molecule has 2 N–H and O–H groups in total. The topological polar surface area (TPSA) is 29.3 Å². The molecule has 1 heterocycles. The first-order valence-electron chi connectivity index (χ1n) is 6.22. The molecule has 1 aromatic rings. The molecule has 16 heavy (non-hydrogen) atoms. The van der Waals surface area contributed by atoms with Gasteiger partial charge in [-0.1, -0.05) is 23.8 Å². The molecule has 1 saturated heterocycles. The number of hydrogen-bond acceptors (Lipinski definition) is 2. The van der Waals surface area contributed by atoms with E-state index in [0.717, 1.165) is 6.54 Å². The molecule has 0 radical (unpaired) electrons. The van der Waals surface area contributed by atoms with Gasteiger partial charge in [-0.3, -0.25) is 0 Å². The molecule has 0 bridgehead atoms. The number of likely N-dealkylation sites (tertiary alicyclic amines) is 1. The maximum Gasteiger partial charge on any atom is 0.0427 e. The van der Waals surface area contributed by atoms with Crippen LogP contribution in [0, 0.1) is 13.8 Å². The van der Waals surface area contributed by atoms with Crippen molar-refractivity contribution < 1.29 is 0 Å². The molecule has 2 nitrogen and oxygen atoms in total. The Morgan fingerprint density at radius 3 is 2.62 bits per heavy atom. The molecule has 0 saturated carbocycles. The van der Waals surface area contributed by atoms with Crippen LogP contribution < -0.4 is 5.73 Å². The fraction of sp³-hybridized carbons (Fsp3) is 0.571. The second kappa shape index (κ2) is 4.98. The zero-order valence-corrected chi connectivity index (χ0v) is 10.4. The Morgan fingerprint density at radius 2 is 1.94 bits per heavy atom. The molecule has 0 amide bonds. The van der Waals surface area contributed by atoms with Crippen LogP contribution in [-0.2, 0) is 0 Å². The van der Waals surface area contributed by atoms with Crippen LogP contribution in [0.2, 0.25) is 0 Å². The van der Waals surface area contributed by atoms with Crippen LogP contribution in [0.25, 0.3) is 0 Å². The molecule has 1 aliphatic heterocycles. The lowest BCUT2D eigenvalue weighted by Gasteiger charge is -2.22. The maximum absolute atomic E-state index is 6.30. The van der Waals surface area contributed by atoms with Crippen molar-refractivity contribution in [2.75, 3.05) is 19.6 Å². The van der Waals surface area contributed by atoms with Crippen LogP contribution >= 0.6 is 0 Å². The first kappa shape index (κ1) is 11.6. The van der Waals surface area contributed by atoms with E-state index < -0.39 is 0 Å². The van der Waals surface area contributed by atoms with Gasteiger partial charge in [0.1, 0.15) is 0 Å². The van der Waals surface area contributed by atoms with Crippen molar-refractivity contribution in [3.05, 3.63) is 34.9 Å². The van der Waals surface area contributed by atoms with E-state index in [1.807, 2.05) is 0 Å². The molecule has 0 spiro atoms. The number of hydrogen-bond donors (Lipinski definition) is 1. The first-order chi connectivity index (χ1) is 7.66. The highest BCUT2D eigenvalue weighted by atomic mass is 15.1. The molecule has 0 aromatic heterocycles. The Labute approximate surface area is 98.4 Å². The van der Waals surface area contributed by atoms with Crippen molar-refractivity contribution >= 4 is 0 Å². The molecule has 88 valence electrons. The van der Waals surface area contributed by atoms with Gasteiger partial charge < -0.3 is 10.6 Å². The highest BCUT2D eigenvalue weighted by molar-refractivity contribution is 5.33. The van der Waals surface area contributed by atoms with E-state index in [1.165, 1.54) is 42.6 Å². The molecular formula is C14H22N2. The summed E-state index contributed by atoms with van der Waals surface area (Å²) in [5, 5.41) is 0. The lowest BCUT2D eigenvalue weighted by molar-refractivity contribution is 0.315. The molecule has 1 aliphatic rings. The largest absolute Gasteiger partial charge is 0.323 e. The van der Waals surface area contributed by atoms with Crippen LogP contribution in [0.4, 0.5) is 0 Å². The van der Waals surface area contributed by atoms with Gasteiger partial charge in [-0.25, -0.2) is 0 Å². The average Bonchev–Trinajstić information content (AvgIpc) is 2.74. The Balaban J connectivity index is 2.07. The molecule has 2 heteroatoms. The first-order valence-corrected chi connectivity index (χ1v) is 6.22. The summed E-state index contributed by atoms with van der Waals surface area (Å²) in [6.07, 6.45) is 2.67. The van der Waals surface area contributed by atoms with Gasteiger partial charge in [-0.2, -0.15) is 0 Å². The summed E-state index contributed by atoms with van der Waals surface area (Å²) < 4.78 is 0. The van der Waals surface area contributed by atoms with E-state index in [2.05, 4.69) is 36.9 Å². The normalized spacial score (nSPS) is 18.9. The summed E-state index contributed by atoms with van der Waals surface area (Å²) >= 11 is 0. The summed E-state index contributed by atoms with van der Waals surface area (Å²) in [7, 11) is 0. The molecular weight excluding hydrogens is 196 g/mol. The zero-order valence-electron chi connectivity index (χ0n) is 10.4. The highest BCUT2D eigenvalue weighted by Crippen LogP contribution is 2.20. The predicted molar refractivity (Wildman–Crippen MR) is 68.5 cm³/mol. The minimum absolute atomic E-state index is 0.165. The fourth-order valence-electron chi connectivity index (χ4n) is 2.50. The monoisotopic (exact) mass is 218 g/mol. The van der Waals surface area contributed by atoms with Crippen molar-refractivity contribution in [3.63, 3.8) is 0 Å². The van der Waals surface area contributed by atoms with Crippen LogP contribution in [-0.4, -0.2) is 24.5 Å². The second-order valence-corrected chi connectivity index (χ2v) is 4.97. The lowest BCUT2D eigenvalue weighted by atomic mass is 9.99. The van der Waals surface area contributed by atoms with E-state index in [1.54, 1.807) is 0 Å². The van der Waals surface area contributed by atoms with Crippen LogP contribution in [0.3, 0.4) is 0 Å². The van der Waals surface area contributed by atoms with Crippen LogP contribution in [0.5, 0.6) is 0 Å². The highest BCUT2D eigenvalue weighted by Gasteiger charge is 2.17. The molecule has 1 atom stereocenters. The van der Waals surface area contributed by atoms with E-state index >= 15 is 0 Å². The van der Waals surface area contributed by atoms with Crippen molar-refractivity contribution in [2.24, 2.45) is 5.73 Å². The SMILES string of the molecule is Cc1ccc(C)c(C(N)CN2CCCC2)c1. The Kier molecular flexibility index (Phi) is 3.62. The van der Waals surface area contributed by atoms with Gasteiger partial charge in [0.05, 0.1) is 0 Å². The summed E-state index contributed by atoms with van der Waals surface area (Å²) in [4.78, 5) is 2.48. The third kappa shape index (κ3) is 2.63. The number of nitrogens with two attached hydrogens (primary N) is 1. The Hall–Kier alpha value is -0.860. The van der Waals surface area contributed by atoms with Gasteiger partial charge in [-0.15, -0.1) is 0 Å². The van der Waals surface area contributed by atoms with Gasteiger partial charge in [0, 0.05) is 12.6 Å². The van der Waals surface area contributed by atoms with E-state index in [-0.39, 0.29) is 6.04 Å². The summed E-state index contributed by atoms with van der Waals surface area (Å²) in [5.41, 5.74) is 10.2. The van der Waals surface area contributed by atoms with Gasteiger partial charge in [0.15, 0.2) is 0 Å². The smallest absolute Gasteiger partial charge is 0.0427 e. The van der Waals surface area contributed by atoms with E-state index in [0.29, 0.717) is 0 Å². The third-order valence-electron chi connectivity index (χ3n) is 3.49. The minimum Gasteiger partial charge on any atom is -0.323 e. The van der Waals surface area contributed by atoms with Crippen molar-refractivity contribution in [3.8, 4) is 0 Å². The third-order valence-corrected chi connectivity index (χ3v) is 3.49. The number of nitrogens with zero attached hydrogens (tertiary/aromatic N) is 1. The Bertz CT molecular complexity index is 354. The number of benzene rings is 1. The predicted octanol–water partition coefficient (Wildman–Crippen LogP) is 2.40. The van der Waals surface area contributed by atoms with Gasteiger partial charge in [0.2, 0.25) is 0 Å². The van der Waals surface area contributed by atoms with Crippen molar-refractivity contribution in [2.45, 2.75) is 32.7 Å². The summed E-state index contributed by atoms with van der Waals surface area (Å²) in [6, 6.07) is 6.73. The fourth-order valence-corrected chi connectivity index (χ4v) is 2.50. The molecule has 1 aromatic carbocycles. The van der Waals surface area contributed by atoms with Gasteiger partial charge in [-0.05, 0) is 50.9 Å². The lowest BCUT2D eigenvalue weighted by Crippen LogP contribution is -2.30. The van der Waals surface area contributed by atoms with Gasteiger partial charge >= 0.3 is 0 Å². The number of rotatable bonds is 3. The summed E-state index contributed by atoms with van der Waals surface area (Å²) in [6.45, 7) is 7.73. The van der Waals surface area contributed by atoms with E-state index in [4.69, 9.17) is 5.73 Å². The zero-order chi connectivity index (χ0) is 11.5. The minimum atomic E-state index is 0.165. The second-order valence-electron chi connectivity index (χ2n) is 4.97. The van der Waals surface area contributed by atoms with E-state index in [9.17, 15) is 0 Å². The molecule has 2 rings (SSSR count). The quantitative estimate of drug-likeness (QED) is 0.844. The van der Waals surface area contributed by atoms with Crippen LogP contribution in [0.15, 0.2) is 18.2 Å². The van der Waals surface area contributed by atoms with Crippen LogP contribution in [0.1, 0.15) is 35.6 Å². The molecule has 1 unspecified atom stereocenters. The standard InChI is InChI=1S/C14H22N2/c1-11-5-6-12(2)13(9-11)14(15)10-16-7-3-4-8-16/h5-6,9,14H,3-4,7-8,10,15H2,1-2H3. The van der Waals surface area contributed by atoms with Crippen molar-refractivity contribution in [1.82, 2.24) is 4.90 Å². The molecule has 1 fully saturated rings. The van der Waals surface area contributed by atoms with Gasteiger partial charge in [0.25, 0.3) is 0 Å². The Morgan fingerprint density at radius 1 is 1.25 bits per heavy atom. The maximum atomic E-state index is 6.30. The average molecular weight is 218 g/mol. The number of aryl methyl sites for hydroxylation is 2.